The number of ether oxygens (including phenoxy) is 1. The first-order valence-electron chi connectivity index (χ1n) is 6.50. The van der Waals surface area contributed by atoms with E-state index >= 15 is 0 Å². The Balaban J connectivity index is 2.23. The van der Waals surface area contributed by atoms with Crippen molar-refractivity contribution in [3.8, 4) is 5.75 Å². The van der Waals surface area contributed by atoms with E-state index in [4.69, 9.17) is 4.74 Å². The molecule has 0 spiro atoms. The van der Waals surface area contributed by atoms with Crippen molar-refractivity contribution in [2.75, 3.05) is 13.7 Å². The second-order valence-corrected chi connectivity index (χ2v) is 5.26. The minimum atomic E-state index is 0.663. The smallest absolute Gasteiger partial charge is 0.122 e. The van der Waals surface area contributed by atoms with Crippen molar-refractivity contribution < 1.29 is 4.74 Å². The molecule has 0 radical (unpaired) electrons. The Morgan fingerprint density at radius 3 is 2.53 bits per heavy atom. The minimum Gasteiger partial charge on any atom is -0.496 e. The van der Waals surface area contributed by atoms with Gasteiger partial charge < -0.3 is 10.1 Å². The zero-order valence-corrected chi connectivity index (χ0v) is 11.3. The Hall–Kier alpha value is -1.02. The predicted octanol–water partition coefficient (Wildman–Crippen LogP) is 3.17. The highest BCUT2D eigenvalue weighted by Crippen LogP contribution is 2.31. The van der Waals surface area contributed by atoms with Crippen LogP contribution in [-0.2, 0) is 0 Å². The van der Waals surface area contributed by atoms with Crippen LogP contribution in [0.15, 0.2) is 12.1 Å². The highest BCUT2D eigenvalue weighted by Gasteiger charge is 2.21. The van der Waals surface area contributed by atoms with Crippen molar-refractivity contribution >= 4 is 0 Å². The van der Waals surface area contributed by atoms with Crippen molar-refractivity contribution in [2.45, 2.75) is 45.6 Å². The van der Waals surface area contributed by atoms with Crippen LogP contribution in [-0.4, -0.2) is 19.7 Å². The van der Waals surface area contributed by atoms with Crippen molar-refractivity contribution in [3.63, 3.8) is 0 Å². The van der Waals surface area contributed by atoms with E-state index in [9.17, 15) is 0 Å². The number of benzene rings is 1. The molecule has 1 heterocycles. The first-order chi connectivity index (χ1) is 8.11. The van der Waals surface area contributed by atoms with Crippen LogP contribution >= 0.6 is 0 Å². The van der Waals surface area contributed by atoms with Gasteiger partial charge in [0, 0.05) is 12.6 Å². The van der Waals surface area contributed by atoms with Crippen LogP contribution in [0.25, 0.3) is 0 Å². The summed E-state index contributed by atoms with van der Waals surface area (Å²) < 4.78 is 5.37. The first-order valence-corrected chi connectivity index (χ1v) is 6.50. The summed E-state index contributed by atoms with van der Waals surface area (Å²) in [5, 5.41) is 3.57. The number of methoxy groups -OCH3 is 1. The summed E-state index contributed by atoms with van der Waals surface area (Å²) in [5.74, 6) is 1.67. The maximum Gasteiger partial charge on any atom is 0.122 e. The van der Waals surface area contributed by atoms with Gasteiger partial charge in [-0.3, -0.25) is 0 Å². The van der Waals surface area contributed by atoms with Crippen molar-refractivity contribution in [2.24, 2.45) is 0 Å². The van der Waals surface area contributed by atoms with Gasteiger partial charge in [0.15, 0.2) is 0 Å². The molecular formula is C15H23NO. The molecule has 2 nitrogen and oxygen atoms in total. The minimum absolute atomic E-state index is 0.663. The van der Waals surface area contributed by atoms with Crippen LogP contribution < -0.4 is 10.1 Å². The van der Waals surface area contributed by atoms with E-state index in [2.05, 4.69) is 38.2 Å². The summed E-state index contributed by atoms with van der Waals surface area (Å²) in [6, 6.07) is 5.14. The van der Waals surface area contributed by atoms with Crippen molar-refractivity contribution in [1.82, 2.24) is 5.32 Å². The molecule has 2 unspecified atom stereocenters. The maximum absolute atomic E-state index is 5.37. The third-order valence-corrected chi connectivity index (χ3v) is 3.88. The lowest BCUT2D eigenvalue weighted by Gasteiger charge is -2.29. The summed E-state index contributed by atoms with van der Waals surface area (Å²) in [4.78, 5) is 0. The van der Waals surface area contributed by atoms with E-state index in [1.165, 1.54) is 29.5 Å². The number of hydrogen-bond donors (Lipinski definition) is 1. The lowest BCUT2D eigenvalue weighted by atomic mass is 9.86. The molecule has 0 aliphatic carbocycles. The average molecular weight is 233 g/mol. The normalized spacial score (nSPS) is 24.7. The van der Waals surface area contributed by atoms with Crippen molar-refractivity contribution in [1.29, 1.82) is 0 Å². The Morgan fingerprint density at radius 1 is 1.18 bits per heavy atom. The fourth-order valence-electron chi connectivity index (χ4n) is 2.74. The molecule has 1 fully saturated rings. The van der Waals surface area contributed by atoms with E-state index in [0.717, 1.165) is 12.3 Å². The van der Waals surface area contributed by atoms with E-state index in [1.807, 2.05) is 0 Å². The highest BCUT2D eigenvalue weighted by atomic mass is 16.5. The molecule has 2 heteroatoms. The van der Waals surface area contributed by atoms with Crippen LogP contribution in [0.3, 0.4) is 0 Å². The fourth-order valence-corrected chi connectivity index (χ4v) is 2.74. The molecular weight excluding hydrogens is 210 g/mol. The van der Waals surface area contributed by atoms with E-state index in [0.29, 0.717) is 12.0 Å². The summed E-state index contributed by atoms with van der Waals surface area (Å²) in [5.41, 5.74) is 4.09. The first kappa shape index (κ1) is 12.4. The van der Waals surface area contributed by atoms with Gasteiger partial charge in [-0.05, 0) is 62.3 Å². The molecule has 1 aromatic carbocycles. The predicted molar refractivity (Wildman–Crippen MR) is 71.9 cm³/mol. The zero-order chi connectivity index (χ0) is 12.4. The summed E-state index contributed by atoms with van der Waals surface area (Å²) in [6.45, 7) is 7.69. The molecule has 0 bridgehead atoms. The molecule has 1 aliphatic rings. The van der Waals surface area contributed by atoms with Gasteiger partial charge in [-0.1, -0.05) is 6.07 Å². The Kier molecular flexibility index (Phi) is 3.72. The molecule has 0 aromatic heterocycles. The SMILES string of the molecule is COc1cc(C)c(C2CCC(C)NC2)cc1C. The van der Waals surface area contributed by atoms with E-state index in [-0.39, 0.29) is 0 Å². The molecule has 17 heavy (non-hydrogen) atoms. The van der Waals surface area contributed by atoms with Gasteiger partial charge in [-0.25, -0.2) is 0 Å². The topological polar surface area (TPSA) is 21.3 Å². The third-order valence-electron chi connectivity index (χ3n) is 3.88. The van der Waals surface area contributed by atoms with E-state index in [1.54, 1.807) is 7.11 Å². The summed E-state index contributed by atoms with van der Waals surface area (Å²) >= 11 is 0. The lowest BCUT2D eigenvalue weighted by Crippen LogP contribution is -2.36. The zero-order valence-electron chi connectivity index (χ0n) is 11.3. The molecule has 1 saturated heterocycles. The highest BCUT2D eigenvalue weighted by molar-refractivity contribution is 5.43. The fraction of sp³-hybridized carbons (Fsp3) is 0.600. The molecule has 0 saturated carbocycles. The van der Waals surface area contributed by atoms with Gasteiger partial charge in [0.2, 0.25) is 0 Å². The summed E-state index contributed by atoms with van der Waals surface area (Å²) in [7, 11) is 1.74. The van der Waals surface area contributed by atoms with Crippen LogP contribution in [0, 0.1) is 13.8 Å². The standard InChI is InChI=1S/C15H23NO/c1-10-8-15(17-4)11(2)7-14(10)13-6-5-12(3)16-9-13/h7-8,12-13,16H,5-6,9H2,1-4H3. The number of hydrogen-bond acceptors (Lipinski definition) is 2. The monoisotopic (exact) mass is 233 g/mol. The Morgan fingerprint density at radius 2 is 1.94 bits per heavy atom. The largest absolute Gasteiger partial charge is 0.496 e. The van der Waals surface area contributed by atoms with Gasteiger partial charge in [-0.2, -0.15) is 0 Å². The number of rotatable bonds is 2. The number of nitrogens with one attached hydrogen (secondary N) is 1. The van der Waals surface area contributed by atoms with Crippen LogP contribution in [0.2, 0.25) is 0 Å². The number of piperidine rings is 1. The lowest BCUT2D eigenvalue weighted by molar-refractivity contribution is 0.382. The molecule has 2 rings (SSSR count). The van der Waals surface area contributed by atoms with Gasteiger partial charge in [0.05, 0.1) is 7.11 Å². The Labute approximate surface area is 104 Å². The quantitative estimate of drug-likeness (QED) is 0.847. The summed E-state index contributed by atoms with van der Waals surface area (Å²) in [6.07, 6.45) is 2.57. The third kappa shape index (κ3) is 2.63. The van der Waals surface area contributed by atoms with Gasteiger partial charge in [0.25, 0.3) is 0 Å². The molecule has 0 amide bonds. The van der Waals surface area contributed by atoms with E-state index < -0.39 is 0 Å². The number of aryl methyl sites for hydroxylation is 2. The molecule has 1 N–H and O–H groups in total. The molecule has 2 atom stereocenters. The second kappa shape index (κ2) is 5.09. The van der Waals surface area contributed by atoms with Gasteiger partial charge in [-0.15, -0.1) is 0 Å². The Bertz CT molecular complexity index is 392. The molecule has 1 aromatic rings. The van der Waals surface area contributed by atoms with Crippen LogP contribution in [0.4, 0.5) is 0 Å². The van der Waals surface area contributed by atoms with Gasteiger partial charge in [0.1, 0.15) is 5.75 Å². The van der Waals surface area contributed by atoms with Crippen molar-refractivity contribution in [3.05, 3.63) is 28.8 Å². The second-order valence-electron chi connectivity index (χ2n) is 5.26. The molecule has 94 valence electrons. The van der Waals surface area contributed by atoms with Crippen LogP contribution in [0.1, 0.15) is 42.4 Å². The maximum atomic E-state index is 5.37. The molecule has 1 aliphatic heterocycles. The van der Waals surface area contributed by atoms with Crippen LogP contribution in [0.5, 0.6) is 5.75 Å². The van der Waals surface area contributed by atoms with Gasteiger partial charge >= 0.3 is 0 Å². The average Bonchev–Trinajstić information content (AvgIpc) is 2.33.